The SMILES string of the molecule is C/C=C/C(=O)C(CCN(C)C)c1ccc(C)cc1. The maximum absolute atomic E-state index is 12.1. The molecule has 0 amide bonds. The number of carbonyl (C=O) groups is 1. The first-order valence-corrected chi connectivity index (χ1v) is 6.42. The number of hydrogen-bond acceptors (Lipinski definition) is 2. The van der Waals surface area contributed by atoms with Crippen molar-refractivity contribution in [3.8, 4) is 0 Å². The largest absolute Gasteiger partial charge is 0.309 e. The first kappa shape index (κ1) is 14.7. The number of ketones is 1. The number of aryl methyl sites for hydroxylation is 1. The summed E-state index contributed by atoms with van der Waals surface area (Å²) in [5.41, 5.74) is 2.34. The van der Waals surface area contributed by atoms with Crippen molar-refractivity contribution in [2.24, 2.45) is 0 Å². The van der Waals surface area contributed by atoms with Crippen LogP contribution in [-0.4, -0.2) is 31.3 Å². The highest BCUT2D eigenvalue weighted by Crippen LogP contribution is 2.22. The predicted molar refractivity (Wildman–Crippen MR) is 76.9 cm³/mol. The third-order valence-electron chi connectivity index (χ3n) is 3.02. The van der Waals surface area contributed by atoms with E-state index < -0.39 is 0 Å². The highest BCUT2D eigenvalue weighted by molar-refractivity contribution is 5.95. The Morgan fingerprint density at radius 2 is 1.89 bits per heavy atom. The van der Waals surface area contributed by atoms with Gasteiger partial charge in [-0.3, -0.25) is 4.79 Å². The zero-order chi connectivity index (χ0) is 13.5. The van der Waals surface area contributed by atoms with Gasteiger partial charge in [0.15, 0.2) is 5.78 Å². The highest BCUT2D eigenvalue weighted by Gasteiger charge is 2.18. The molecular formula is C16H23NO. The van der Waals surface area contributed by atoms with E-state index in [-0.39, 0.29) is 11.7 Å². The topological polar surface area (TPSA) is 20.3 Å². The second-order valence-corrected chi connectivity index (χ2v) is 4.96. The van der Waals surface area contributed by atoms with Crippen LogP contribution in [0.25, 0.3) is 0 Å². The molecule has 2 nitrogen and oxygen atoms in total. The van der Waals surface area contributed by atoms with Crippen molar-refractivity contribution in [1.82, 2.24) is 4.90 Å². The minimum Gasteiger partial charge on any atom is -0.309 e. The van der Waals surface area contributed by atoms with Crippen LogP contribution in [0.1, 0.15) is 30.4 Å². The molecular weight excluding hydrogens is 222 g/mol. The summed E-state index contributed by atoms with van der Waals surface area (Å²) in [6.45, 7) is 4.87. The monoisotopic (exact) mass is 245 g/mol. The van der Waals surface area contributed by atoms with Gasteiger partial charge in [-0.2, -0.15) is 0 Å². The van der Waals surface area contributed by atoms with Crippen LogP contribution < -0.4 is 0 Å². The Morgan fingerprint density at radius 3 is 2.39 bits per heavy atom. The Morgan fingerprint density at radius 1 is 1.28 bits per heavy atom. The summed E-state index contributed by atoms with van der Waals surface area (Å²) in [7, 11) is 4.07. The minimum absolute atomic E-state index is 0.0239. The zero-order valence-corrected chi connectivity index (χ0v) is 11.8. The van der Waals surface area contributed by atoms with Crippen LogP contribution in [0.5, 0.6) is 0 Å². The molecule has 0 aliphatic rings. The predicted octanol–water partition coefficient (Wildman–Crippen LogP) is 3.18. The van der Waals surface area contributed by atoms with E-state index in [2.05, 4.69) is 36.1 Å². The number of hydrogen-bond donors (Lipinski definition) is 0. The highest BCUT2D eigenvalue weighted by atomic mass is 16.1. The van der Waals surface area contributed by atoms with Crippen molar-refractivity contribution >= 4 is 5.78 Å². The molecule has 0 aliphatic carbocycles. The van der Waals surface area contributed by atoms with E-state index in [1.165, 1.54) is 5.56 Å². The lowest BCUT2D eigenvalue weighted by molar-refractivity contribution is -0.116. The lowest BCUT2D eigenvalue weighted by Gasteiger charge is -2.17. The fourth-order valence-corrected chi connectivity index (χ4v) is 1.94. The molecule has 0 aromatic heterocycles. The standard InChI is InChI=1S/C16H23NO/c1-5-6-16(18)15(11-12-17(3)4)14-9-7-13(2)8-10-14/h5-10,15H,11-12H2,1-4H3/b6-5+. The summed E-state index contributed by atoms with van der Waals surface area (Å²) in [6.07, 6.45) is 4.36. The Labute approximate surface area is 110 Å². The molecule has 1 aromatic rings. The fourth-order valence-electron chi connectivity index (χ4n) is 1.94. The van der Waals surface area contributed by atoms with Gasteiger partial charge < -0.3 is 4.90 Å². The van der Waals surface area contributed by atoms with Gasteiger partial charge in [-0.1, -0.05) is 35.9 Å². The Kier molecular flexibility index (Phi) is 5.79. The molecule has 0 aliphatic heterocycles. The van der Waals surface area contributed by atoms with Gasteiger partial charge in [0.1, 0.15) is 0 Å². The first-order valence-electron chi connectivity index (χ1n) is 6.42. The molecule has 1 rings (SSSR count). The molecule has 0 radical (unpaired) electrons. The molecule has 1 unspecified atom stereocenters. The number of allylic oxidation sites excluding steroid dienone is 2. The quantitative estimate of drug-likeness (QED) is 0.717. The van der Waals surface area contributed by atoms with E-state index in [0.717, 1.165) is 18.5 Å². The zero-order valence-electron chi connectivity index (χ0n) is 11.8. The molecule has 18 heavy (non-hydrogen) atoms. The van der Waals surface area contributed by atoms with Crippen molar-refractivity contribution < 1.29 is 4.79 Å². The van der Waals surface area contributed by atoms with Gasteiger partial charge in [0, 0.05) is 5.92 Å². The summed E-state index contributed by atoms with van der Waals surface area (Å²) in [5.74, 6) is 0.174. The number of carbonyl (C=O) groups excluding carboxylic acids is 1. The Hall–Kier alpha value is -1.41. The normalized spacial score (nSPS) is 13.2. The van der Waals surface area contributed by atoms with Gasteiger partial charge in [-0.15, -0.1) is 0 Å². The molecule has 1 aromatic carbocycles. The molecule has 0 bridgehead atoms. The van der Waals surface area contributed by atoms with E-state index in [1.807, 2.05) is 27.1 Å². The van der Waals surface area contributed by atoms with Crippen molar-refractivity contribution in [2.75, 3.05) is 20.6 Å². The average molecular weight is 245 g/mol. The number of nitrogens with zero attached hydrogens (tertiary/aromatic N) is 1. The third-order valence-corrected chi connectivity index (χ3v) is 3.02. The van der Waals surface area contributed by atoms with Crippen molar-refractivity contribution in [2.45, 2.75) is 26.2 Å². The number of rotatable bonds is 6. The molecule has 0 saturated heterocycles. The molecule has 0 N–H and O–H groups in total. The molecule has 0 heterocycles. The smallest absolute Gasteiger partial charge is 0.162 e. The fraction of sp³-hybridized carbons (Fsp3) is 0.438. The second kappa shape index (κ2) is 7.12. The van der Waals surface area contributed by atoms with Crippen LogP contribution in [-0.2, 0) is 4.79 Å². The lowest BCUT2D eigenvalue weighted by Crippen LogP contribution is -2.19. The Balaban J connectivity index is 2.88. The van der Waals surface area contributed by atoms with Crippen LogP contribution >= 0.6 is 0 Å². The van der Waals surface area contributed by atoms with E-state index in [0.29, 0.717) is 0 Å². The lowest BCUT2D eigenvalue weighted by atomic mass is 9.90. The van der Waals surface area contributed by atoms with Crippen molar-refractivity contribution in [3.63, 3.8) is 0 Å². The maximum atomic E-state index is 12.1. The molecule has 0 saturated carbocycles. The number of benzene rings is 1. The average Bonchev–Trinajstić information content (AvgIpc) is 2.31. The summed E-state index contributed by atoms with van der Waals surface area (Å²) in [6, 6.07) is 8.27. The third kappa shape index (κ3) is 4.46. The van der Waals surface area contributed by atoms with E-state index in [4.69, 9.17) is 0 Å². The summed E-state index contributed by atoms with van der Waals surface area (Å²) in [5, 5.41) is 0. The molecule has 0 fully saturated rings. The molecule has 0 spiro atoms. The van der Waals surface area contributed by atoms with Gasteiger partial charge in [0.05, 0.1) is 0 Å². The van der Waals surface area contributed by atoms with Gasteiger partial charge in [-0.25, -0.2) is 0 Å². The van der Waals surface area contributed by atoms with Crippen LogP contribution in [0.2, 0.25) is 0 Å². The molecule has 2 heteroatoms. The van der Waals surface area contributed by atoms with Crippen molar-refractivity contribution in [1.29, 1.82) is 0 Å². The van der Waals surface area contributed by atoms with Crippen LogP contribution in [0, 0.1) is 6.92 Å². The van der Waals surface area contributed by atoms with E-state index in [1.54, 1.807) is 6.08 Å². The van der Waals surface area contributed by atoms with Gasteiger partial charge >= 0.3 is 0 Å². The van der Waals surface area contributed by atoms with Crippen LogP contribution in [0.3, 0.4) is 0 Å². The first-order chi connectivity index (χ1) is 8.54. The van der Waals surface area contributed by atoms with Crippen LogP contribution in [0.15, 0.2) is 36.4 Å². The van der Waals surface area contributed by atoms with Crippen molar-refractivity contribution in [3.05, 3.63) is 47.5 Å². The molecule has 1 atom stereocenters. The summed E-state index contributed by atoms with van der Waals surface area (Å²) in [4.78, 5) is 14.3. The van der Waals surface area contributed by atoms with E-state index in [9.17, 15) is 4.79 Å². The van der Waals surface area contributed by atoms with Crippen LogP contribution in [0.4, 0.5) is 0 Å². The van der Waals surface area contributed by atoms with Gasteiger partial charge in [0.2, 0.25) is 0 Å². The maximum Gasteiger partial charge on any atom is 0.162 e. The second-order valence-electron chi connectivity index (χ2n) is 4.96. The van der Waals surface area contributed by atoms with Gasteiger partial charge in [0.25, 0.3) is 0 Å². The van der Waals surface area contributed by atoms with Gasteiger partial charge in [-0.05, 0) is 52.5 Å². The summed E-state index contributed by atoms with van der Waals surface area (Å²) < 4.78 is 0. The summed E-state index contributed by atoms with van der Waals surface area (Å²) >= 11 is 0. The van der Waals surface area contributed by atoms with E-state index >= 15 is 0 Å². The molecule has 98 valence electrons. The minimum atomic E-state index is -0.0239. The Bertz CT molecular complexity index is 404.